The van der Waals surface area contributed by atoms with Gasteiger partial charge < -0.3 is 20.6 Å². The van der Waals surface area contributed by atoms with Crippen molar-refractivity contribution in [3.63, 3.8) is 0 Å². The zero-order chi connectivity index (χ0) is 19.5. The zero-order valence-electron chi connectivity index (χ0n) is 17.1. The summed E-state index contributed by atoms with van der Waals surface area (Å²) >= 11 is 0. The number of rotatable bonds is 5. The third kappa shape index (κ3) is 4.79. The fourth-order valence-corrected chi connectivity index (χ4v) is 3.29. The lowest BCUT2D eigenvalue weighted by Crippen LogP contribution is -2.33. The van der Waals surface area contributed by atoms with Gasteiger partial charge in [-0.15, -0.1) is 0 Å². The van der Waals surface area contributed by atoms with Crippen molar-refractivity contribution < 1.29 is 0 Å². The fraction of sp³-hybridized carbons (Fsp3) is 0.571. The van der Waals surface area contributed by atoms with E-state index in [0.717, 1.165) is 44.7 Å². The maximum Gasteiger partial charge on any atom is 0.111 e. The van der Waals surface area contributed by atoms with E-state index in [2.05, 4.69) is 56.5 Å². The number of nitrogens with one attached hydrogen (secondary N) is 1. The molecule has 1 aliphatic heterocycles. The molecule has 0 bridgehead atoms. The number of hydrogen-bond acceptors (Lipinski definition) is 4. The Morgan fingerprint density at radius 2 is 1.92 bits per heavy atom. The summed E-state index contributed by atoms with van der Waals surface area (Å²) in [6.45, 7) is 20.2. The maximum absolute atomic E-state index is 7.38. The molecule has 1 aromatic rings. The predicted molar refractivity (Wildman–Crippen MR) is 111 cm³/mol. The third-order valence-corrected chi connectivity index (χ3v) is 5.26. The second kappa shape index (κ2) is 8.12. The number of allylic oxidation sites excluding steroid dienone is 2. The average molecular weight is 358 g/mol. The number of hydrogen-bond donors (Lipinski definition) is 2. The Bertz CT molecular complexity index is 690. The lowest BCUT2D eigenvalue weighted by atomic mass is 9.92. The quantitative estimate of drug-likeness (QED) is 0.791. The van der Waals surface area contributed by atoms with Gasteiger partial charge in [0.1, 0.15) is 5.82 Å². The van der Waals surface area contributed by atoms with Crippen LogP contribution in [0.4, 0.5) is 0 Å². The summed E-state index contributed by atoms with van der Waals surface area (Å²) < 4.78 is 1.94. The highest BCUT2D eigenvalue weighted by Crippen LogP contribution is 2.27. The first-order valence-electron chi connectivity index (χ1n) is 9.45. The van der Waals surface area contributed by atoms with Crippen LogP contribution in [0.2, 0.25) is 0 Å². The van der Waals surface area contributed by atoms with Gasteiger partial charge >= 0.3 is 0 Å². The van der Waals surface area contributed by atoms with Gasteiger partial charge in [-0.3, -0.25) is 4.90 Å². The number of aromatic nitrogens is 1. The van der Waals surface area contributed by atoms with Crippen LogP contribution >= 0.6 is 0 Å². The van der Waals surface area contributed by atoms with Gasteiger partial charge in [0.2, 0.25) is 0 Å². The smallest absolute Gasteiger partial charge is 0.111 e. The van der Waals surface area contributed by atoms with Gasteiger partial charge in [0.05, 0.1) is 0 Å². The molecule has 144 valence electrons. The molecule has 0 spiro atoms. The van der Waals surface area contributed by atoms with E-state index in [1.807, 2.05) is 11.5 Å². The van der Waals surface area contributed by atoms with Gasteiger partial charge in [-0.2, -0.15) is 0 Å². The molecular formula is C21H35N5. The van der Waals surface area contributed by atoms with E-state index in [9.17, 15) is 0 Å². The molecule has 26 heavy (non-hydrogen) atoms. The van der Waals surface area contributed by atoms with Crippen LogP contribution in [0.1, 0.15) is 45.2 Å². The van der Waals surface area contributed by atoms with Gasteiger partial charge in [0.25, 0.3) is 0 Å². The van der Waals surface area contributed by atoms with Crippen molar-refractivity contribution in [2.24, 2.45) is 11.1 Å². The predicted octanol–water partition coefficient (Wildman–Crippen LogP) is 3.66. The second-order valence-electron chi connectivity index (χ2n) is 8.40. The average Bonchev–Trinajstić information content (AvgIpc) is 2.80. The van der Waals surface area contributed by atoms with Crippen LogP contribution < -0.4 is 5.73 Å². The highest BCUT2D eigenvalue weighted by atomic mass is 15.2. The van der Waals surface area contributed by atoms with Crippen LogP contribution in [-0.4, -0.2) is 46.8 Å². The molecule has 2 rings (SSSR count). The van der Waals surface area contributed by atoms with Crippen molar-refractivity contribution in [2.45, 2.75) is 47.6 Å². The molecule has 0 amide bonds. The molecule has 0 atom stereocenters. The topological polar surface area (TPSA) is 61.3 Å². The van der Waals surface area contributed by atoms with Crippen LogP contribution in [0.15, 0.2) is 30.2 Å². The van der Waals surface area contributed by atoms with Gasteiger partial charge in [0.15, 0.2) is 0 Å². The van der Waals surface area contributed by atoms with E-state index < -0.39 is 0 Å². The summed E-state index contributed by atoms with van der Waals surface area (Å²) in [6, 6.07) is 0. The van der Waals surface area contributed by atoms with E-state index in [4.69, 9.17) is 11.1 Å². The van der Waals surface area contributed by atoms with Crippen molar-refractivity contribution in [1.29, 1.82) is 5.41 Å². The summed E-state index contributed by atoms with van der Waals surface area (Å²) in [5, 5.41) is 7.38. The van der Waals surface area contributed by atoms with E-state index in [1.165, 1.54) is 23.0 Å². The van der Waals surface area contributed by atoms with E-state index >= 15 is 0 Å². The van der Waals surface area contributed by atoms with Gasteiger partial charge in [-0.05, 0) is 31.4 Å². The second-order valence-corrected chi connectivity index (χ2v) is 8.40. The minimum absolute atomic E-state index is 0.125. The van der Waals surface area contributed by atoms with E-state index in [-0.39, 0.29) is 5.41 Å². The molecule has 0 unspecified atom stereocenters. The molecule has 5 heteroatoms. The Hall–Kier alpha value is -2.01. The summed E-state index contributed by atoms with van der Waals surface area (Å²) in [6.07, 6.45) is 6.62. The number of nitrogens with zero attached hydrogens (tertiary/aromatic N) is 3. The van der Waals surface area contributed by atoms with Crippen LogP contribution in [0, 0.1) is 17.7 Å². The molecule has 1 aliphatic rings. The first-order chi connectivity index (χ1) is 12.1. The molecule has 0 radical (unpaired) electrons. The van der Waals surface area contributed by atoms with Crippen LogP contribution in [0.25, 0.3) is 5.82 Å². The first-order valence-corrected chi connectivity index (χ1v) is 9.45. The first kappa shape index (κ1) is 20.3. The minimum Gasteiger partial charge on any atom is -0.385 e. The Labute approximate surface area is 158 Å². The Balaban J connectivity index is 2.05. The molecule has 1 saturated heterocycles. The van der Waals surface area contributed by atoms with Crippen molar-refractivity contribution >= 4 is 12.0 Å². The summed E-state index contributed by atoms with van der Waals surface area (Å²) in [4.78, 5) is 4.97. The van der Waals surface area contributed by atoms with Crippen LogP contribution in [0.5, 0.6) is 0 Å². The monoisotopic (exact) mass is 357 g/mol. The maximum atomic E-state index is 7.38. The highest BCUT2D eigenvalue weighted by molar-refractivity contribution is 5.82. The molecule has 0 saturated carbocycles. The Kier molecular flexibility index (Phi) is 6.34. The van der Waals surface area contributed by atoms with Gasteiger partial charge in [0, 0.05) is 68.0 Å². The molecule has 0 aromatic carbocycles. The molecule has 1 aromatic heterocycles. The lowest BCUT2D eigenvalue weighted by Gasteiger charge is -2.33. The van der Waals surface area contributed by atoms with Crippen molar-refractivity contribution in [2.75, 3.05) is 26.2 Å². The van der Waals surface area contributed by atoms with Gasteiger partial charge in [-0.25, -0.2) is 0 Å². The third-order valence-electron chi connectivity index (χ3n) is 5.26. The summed E-state index contributed by atoms with van der Waals surface area (Å²) in [5.41, 5.74) is 10.8. The molecule has 2 heterocycles. The number of nitrogens with two attached hydrogens (primary N) is 1. The SMILES string of the molecule is C=C(N1CCCN(Cc2cn(C(N)=C(C)C=N)cc2C)CC1)C(C)(C)C. The molecule has 0 aliphatic carbocycles. The molecule has 5 nitrogen and oxygen atoms in total. The number of aryl methyl sites for hydroxylation is 1. The van der Waals surface area contributed by atoms with Crippen molar-refractivity contribution in [1.82, 2.24) is 14.4 Å². The largest absolute Gasteiger partial charge is 0.385 e. The Morgan fingerprint density at radius 1 is 1.23 bits per heavy atom. The molecule has 1 fully saturated rings. The normalized spacial score (nSPS) is 17.7. The molecule has 3 N–H and O–H groups in total. The van der Waals surface area contributed by atoms with Crippen molar-refractivity contribution in [3.8, 4) is 0 Å². The van der Waals surface area contributed by atoms with Crippen LogP contribution in [0.3, 0.4) is 0 Å². The Morgan fingerprint density at radius 3 is 2.54 bits per heavy atom. The fourth-order valence-electron chi connectivity index (χ4n) is 3.29. The minimum atomic E-state index is 0.125. The molecular weight excluding hydrogens is 322 g/mol. The van der Waals surface area contributed by atoms with Crippen LogP contribution in [-0.2, 0) is 6.54 Å². The summed E-state index contributed by atoms with van der Waals surface area (Å²) in [5.74, 6) is 0.623. The van der Waals surface area contributed by atoms with Crippen molar-refractivity contribution in [3.05, 3.63) is 41.4 Å². The highest BCUT2D eigenvalue weighted by Gasteiger charge is 2.23. The summed E-state index contributed by atoms with van der Waals surface area (Å²) in [7, 11) is 0. The lowest BCUT2D eigenvalue weighted by molar-refractivity contribution is 0.251. The van der Waals surface area contributed by atoms with E-state index in [1.54, 1.807) is 0 Å². The standard InChI is InChI=1S/C21H35N5/c1-16(12-22)20(23)26-13-17(2)19(15-26)14-24-8-7-9-25(11-10-24)18(3)21(4,5)6/h12-13,15,22H,3,7-11,14,23H2,1-2,4-6H3. The van der Waals surface area contributed by atoms with Gasteiger partial charge in [-0.1, -0.05) is 27.4 Å². The van der Waals surface area contributed by atoms with E-state index in [0.29, 0.717) is 5.82 Å². The zero-order valence-corrected chi connectivity index (χ0v) is 17.1.